The lowest BCUT2D eigenvalue weighted by atomic mass is 10.1. The molecule has 0 spiro atoms. The Hall–Kier alpha value is -2.60. The number of guanidine groups is 1. The van der Waals surface area contributed by atoms with Gasteiger partial charge in [0, 0.05) is 32.4 Å². The molecule has 6 heteroatoms. The van der Waals surface area contributed by atoms with E-state index in [4.69, 9.17) is 0 Å². The van der Waals surface area contributed by atoms with Crippen LogP contribution in [0.5, 0.6) is 0 Å². The molecule has 0 saturated carbocycles. The minimum absolute atomic E-state index is 0.491. The van der Waals surface area contributed by atoms with Gasteiger partial charge in [0.05, 0.1) is 5.69 Å². The average molecular weight is 353 g/mol. The fourth-order valence-corrected chi connectivity index (χ4v) is 3.25. The number of aryl methyl sites for hydroxylation is 2. The molecule has 0 bridgehead atoms. The van der Waals surface area contributed by atoms with Gasteiger partial charge in [-0.1, -0.05) is 31.5 Å². The first kappa shape index (κ1) is 18.2. The summed E-state index contributed by atoms with van der Waals surface area (Å²) in [5, 5.41) is 9.56. The molecule has 2 N–H and O–H groups in total. The van der Waals surface area contributed by atoms with Crippen LogP contribution in [-0.2, 0) is 6.42 Å². The number of hydrogen-bond acceptors (Lipinski definition) is 4. The number of nitrogens with one attached hydrogen (secondary N) is 1. The van der Waals surface area contributed by atoms with Crippen LogP contribution in [0.4, 0.5) is 11.5 Å². The van der Waals surface area contributed by atoms with E-state index in [1.165, 1.54) is 11.1 Å². The van der Waals surface area contributed by atoms with Crippen LogP contribution >= 0.6 is 0 Å². The summed E-state index contributed by atoms with van der Waals surface area (Å²) in [5.74, 6) is 1.53. The van der Waals surface area contributed by atoms with Gasteiger partial charge in [0.25, 0.3) is 0 Å². The Balaban J connectivity index is 1.65. The van der Waals surface area contributed by atoms with E-state index in [0.717, 1.165) is 50.5 Å². The molecule has 2 heterocycles. The van der Waals surface area contributed by atoms with Crippen LogP contribution in [0.2, 0.25) is 0 Å². The van der Waals surface area contributed by atoms with E-state index in [-0.39, 0.29) is 0 Å². The first-order valence-corrected chi connectivity index (χ1v) is 9.20. The third-order valence-electron chi connectivity index (χ3n) is 4.67. The molecular weight excluding hydrogens is 326 g/mol. The van der Waals surface area contributed by atoms with E-state index in [0.29, 0.717) is 5.96 Å². The van der Waals surface area contributed by atoms with E-state index in [9.17, 15) is 5.21 Å². The number of benzene rings is 1. The molecule has 1 fully saturated rings. The number of nitrogens with zero attached hydrogens (tertiary/aromatic N) is 4. The van der Waals surface area contributed by atoms with Gasteiger partial charge in [-0.3, -0.25) is 5.21 Å². The Kier molecular flexibility index (Phi) is 6.07. The average Bonchev–Trinajstić information content (AvgIpc) is 2.68. The zero-order chi connectivity index (χ0) is 18.4. The highest BCUT2D eigenvalue weighted by Crippen LogP contribution is 2.19. The monoisotopic (exact) mass is 353 g/mol. The minimum atomic E-state index is 0.491. The minimum Gasteiger partial charge on any atom is -0.353 e. The Morgan fingerprint density at radius 1 is 1.15 bits per heavy atom. The van der Waals surface area contributed by atoms with Gasteiger partial charge in [-0.25, -0.2) is 15.5 Å². The molecule has 0 unspecified atom stereocenters. The Bertz CT molecular complexity index is 736. The smallest absolute Gasteiger partial charge is 0.223 e. The summed E-state index contributed by atoms with van der Waals surface area (Å²) in [7, 11) is 0. The Labute approximate surface area is 155 Å². The summed E-state index contributed by atoms with van der Waals surface area (Å²) >= 11 is 0. The van der Waals surface area contributed by atoms with Gasteiger partial charge in [0.2, 0.25) is 5.96 Å². The number of anilines is 1. The molecule has 1 saturated heterocycles. The summed E-state index contributed by atoms with van der Waals surface area (Å²) in [5.41, 5.74) is 5.60. The van der Waals surface area contributed by atoms with Crippen LogP contribution in [0, 0.1) is 6.92 Å². The molecule has 0 atom stereocenters. The van der Waals surface area contributed by atoms with Gasteiger partial charge in [-0.15, -0.1) is 0 Å². The summed E-state index contributed by atoms with van der Waals surface area (Å²) < 4.78 is 0. The van der Waals surface area contributed by atoms with Crippen LogP contribution in [0.1, 0.15) is 24.5 Å². The molecule has 0 aliphatic carbocycles. The maximum atomic E-state index is 9.56. The molecule has 1 aromatic heterocycles. The van der Waals surface area contributed by atoms with Crippen LogP contribution in [0.15, 0.2) is 47.6 Å². The van der Waals surface area contributed by atoms with Crippen molar-refractivity contribution < 1.29 is 5.21 Å². The Morgan fingerprint density at radius 2 is 1.88 bits per heavy atom. The number of aliphatic imine (C=N–C) groups is 1. The van der Waals surface area contributed by atoms with E-state index in [2.05, 4.69) is 57.3 Å². The predicted octanol–water partition coefficient (Wildman–Crippen LogP) is 3.13. The van der Waals surface area contributed by atoms with Crippen LogP contribution in [-0.4, -0.2) is 47.2 Å². The van der Waals surface area contributed by atoms with Gasteiger partial charge in [-0.05, 0) is 42.7 Å². The third kappa shape index (κ3) is 4.32. The lowest BCUT2D eigenvalue weighted by molar-refractivity contribution is 0.207. The van der Waals surface area contributed by atoms with Crippen molar-refractivity contribution in [2.75, 3.05) is 31.1 Å². The van der Waals surface area contributed by atoms with Crippen molar-refractivity contribution in [3.05, 3.63) is 53.7 Å². The predicted molar refractivity (Wildman–Crippen MR) is 105 cm³/mol. The summed E-state index contributed by atoms with van der Waals surface area (Å²) in [4.78, 5) is 13.4. The van der Waals surface area contributed by atoms with Crippen molar-refractivity contribution in [3.63, 3.8) is 0 Å². The van der Waals surface area contributed by atoms with Gasteiger partial charge < -0.3 is 9.80 Å². The molecule has 1 aliphatic heterocycles. The molecule has 3 rings (SSSR count). The largest absolute Gasteiger partial charge is 0.353 e. The second kappa shape index (κ2) is 8.67. The quantitative estimate of drug-likeness (QED) is 0.502. The third-order valence-corrected chi connectivity index (χ3v) is 4.67. The molecule has 138 valence electrons. The molecule has 6 nitrogen and oxygen atoms in total. The van der Waals surface area contributed by atoms with Crippen LogP contribution in [0.3, 0.4) is 0 Å². The fourth-order valence-electron chi connectivity index (χ4n) is 3.25. The van der Waals surface area contributed by atoms with Crippen molar-refractivity contribution >= 4 is 17.5 Å². The van der Waals surface area contributed by atoms with Gasteiger partial charge in [0.15, 0.2) is 0 Å². The van der Waals surface area contributed by atoms with Crippen LogP contribution in [0.25, 0.3) is 0 Å². The van der Waals surface area contributed by atoms with Gasteiger partial charge in [-0.2, -0.15) is 0 Å². The summed E-state index contributed by atoms with van der Waals surface area (Å²) in [6.07, 6.45) is 4.04. The lowest BCUT2D eigenvalue weighted by Gasteiger charge is -2.36. The second-order valence-electron chi connectivity index (χ2n) is 6.58. The van der Waals surface area contributed by atoms with E-state index < -0.39 is 0 Å². The zero-order valence-electron chi connectivity index (χ0n) is 15.5. The van der Waals surface area contributed by atoms with Crippen molar-refractivity contribution in [2.24, 2.45) is 4.99 Å². The first-order valence-electron chi connectivity index (χ1n) is 9.20. The summed E-state index contributed by atoms with van der Waals surface area (Å²) in [6, 6.07) is 12.2. The lowest BCUT2D eigenvalue weighted by Crippen LogP contribution is -2.52. The number of pyridine rings is 1. The molecule has 0 radical (unpaired) electrons. The van der Waals surface area contributed by atoms with E-state index in [1.807, 2.05) is 24.4 Å². The van der Waals surface area contributed by atoms with E-state index >= 15 is 0 Å². The number of hydroxylamine groups is 1. The summed E-state index contributed by atoms with van der Waals surface area (Å²) in [6.45, 7) is 7.49. The van der Waals surface area contributed by atoms with E-state index in [1.54, 1.807) is 0 Å². The highest BCUT2D eigenvalue weighted by molar-refractivity contribution is 5.82. The van der Waals surface area contributed by atoms with Crippen LogP contribution < -0.4 is 10.4 Å². The maximum Gasteiger partial charge on any atom is 0.223 e. The maximum absolute atomic E-state index is 9.56. The molecular formula is C20H27N5O. The normalized spacial score (nSPS) is 15.3. The van der Waals surface area contributed by atoms with Crippen molar-refractivity contribution in [1.29, 1.82) is 0 Å². The topological polar surface area (TPSA) is 64.0 Å². The Morgan fingerprint density at radius 3 is 2.50 bits per heavy atom. The standard InChI is InChI=1S/C20H27N5O/c1-3-5-17-7-9-18(10-8-17)22-20(23-26)25-14-12-24(13-15-25)19-16(2)6-4-11-21-19/h4,6-11,26H,3,5,12-15H2,1-2H3,(H,22,23). The SMILES string of the molecule is CCCc1ccc(N=C(NO)N2CCN(c3ncccc3C)CC2)cc1. The fraction of sp³-hybridized carbons (Fsp3) is 0.400. The number of piperazine rings is 1. The van der Waals surface area contributed by atoms with Crippen molar-refractivity contribution in [2.45, 2.75) is 26.7 Å². The van der Waals surface area contributed by atoms with Gasteiger partial charge >= 0.3 is 0 Å². The zero-order valence-corrected chi connectivity index (χ0v) is 15.5. The number of aromatic nitrogens is 1. The van der Waals surface area contributed by atoms with Crippen molar-refractivity contribution in [1.82, 2.24) is 15.4 Å². The highest BCUT2D eigenvalue weighted by atomic mass is 16.5. The molecule has 2 aromatic rings. The highest BCUT2D eigenvalue weighted by Gasteiger charge is 2.21. The number of hydrogen-bond donors (Lipinski definition) is 2. The first-order chi connectivity index (χ1) is 12.7. The number of rotatable bonds is 4. The molecule has 1 aliphatic rings. The molecule has 0 amide bonds. The van der Waals surface area contributed by atoms with Crippen molar-refractivity contribution in [3.8, 4) is 0 Å². The second-order valence-corrected chi connectivity index (χ2v) is 6.58. The molecule has 1 aromatic carbocycles. The molecule has 26 heavy (non-hydrogen) atoms. The van der Waals surface area contributed by atoms with Gasteiger partial charge in [0.1, 0.15) is 5.82 Å².